The summed E-state index contributed by atoms with van der Waals surface area (Å²) in [7, 11) is 1.46. The van der Waals surface area contributed by atoms with Crippen molar-refractivity contribution < 1.29 is 14.6 Å². The van der Waals surface area contributed by atoms with Gasteiger partial charge in [-0.3, -0.25) is 4.79 Å². The summed E-state index contributed by atoms with van der Waals surface area (Å²) in [6, 6.07) is -0.167. The van der Waals surface area contributed by atoms with Gasteiger partial charge in [-0.1, -0.05) is 19.3 Å². The summed E-state index contributed by atoms with van der Waals surface area (Å²) in [5.74, 6) is 0.141. The van der Waals surface area contributed by atoms with Gasteiger partial charge in [0.1, 0.15) is 5.56 Å². The minimum Gasteiger partial charge on any atom is -0.480 e. The van der Waals surface area contributed by atoms with Crippen molar-refractivity contribution in [1.82, 2.24) is 14.9 Å². The minimum atomic E-state index is -0.484. The highest BCUT2D eigenvalue weighted by Crippen LogP contribution is 2.33. The fraction of sp³-hybridized carbons (Fsp3) is 0.643. The Balaban J connectivity index is 1.92. The van der Waals surface area contributed by atoms with Crippen LogP contribution >= 0.6 is 0 Å². The highest BCUT2D eigenvalue weighted by Gasteiger charge is 2.40. The Labute approximate surface area is 123 Å². The van der Waals surface area contributed by atoms with Crippen molar-refractivity contribution in [3.05, 3.63) is 11.3 Å². The maximum absolute atomic E-state index is 12.7. The molecule has 2 aliphatic rings. The van der Waals surface area contributed by atoms with Crippen molar-refractivity contribution in [2.45, 2.75) is 50.8 Å². The lowest BCUT2D eigenvalue weighted by Gasteiger charge is -2.30. The molecule has 0 radical (unpaired) electrons. The van der Waals surface area contributed by atoms with Gasteiger partial charge in [-0.15, -0.1) is 0 Å². The van der Waals surface area contributed by atoms with Crippen molar-refractivity contribution in [2.75, 3.05) is 12.8 Å². The molecular formula is C14H20N4O3. The third kappa shape index (κ3) is 2.42. The molecule has 1 aliphatic heterocycles. The summed E-state index contributed by atoms with van der Waals surface area (Å²) >= 11 is 0. The number of aromatic nitrogens is 2. The second kappa shape index (κ2) is 5.48. The molecule has 3 N–H and O–H groups in total. The van der Waals surface area contributed by atoms with Crippen LogP contribution in [0, 0.1) is 0 Å². The summed E-state index contributed by atoms with van der Waals surface area (Å²) in [4.78, 5) is 22.5. The van der Waals surface area contributed by atoms with Crippen molar-refractivity contribution in [3.8, 4) is 5.88 Å². The fourth-order valence-corrected chi connectivity index (χ4v) is 3.26. The van der Waals surface area contributed by atoms with E-state index in [1.807, 2.05) is 0 Å². The number of amides is 1. The predicted octanol–water partition coefficient (Wildman–Crippen LogP) is 0.717. The lowest BCUT2D eigenvalue weighted by Crippen LogP contribution is -2.43. The molecule has 1 aliphatic carbocycles. The van der Waals surface area contributed by atoms with E-state index >= 15 is 0 Å². The van der Waals surface area contributed by atoms with E-state index in [1.54, 1.807) is 4.90 Å². The molecule has 0 unspecified atom stereocenters. The smallest absolute Gasteiger partial charge is 0.261 e. The summed E-state index contributed by atoms with van der Waals surface area (Å²) in [5.41, 5.74) is 6.61. The van der Waals surface area contributed by atoms with Gasteiger partial charge < -0.3 is 20.5 Å². The van der Waals surface area contributed by atoms with Crippen LogP contribution in [0.4, 0.5) is 5.95 Å². The Morgan fingerprint density at radius 3 is 2.81 bits per heavy atom. The molecule has 7 heteroatoms. The normalized spacial score (nSPS) is 25.6. The third-order valence-corrected chi connectivity index (χ3v) is 4.30. The van der Waals surface area contributed by atoms with Crippen LogP contribution in [0.15, 0.2) is 0 Å². The number of carbonyl (C=O) groups is 1. The van der Waals surface area contributed by atoms with Crippen LogP contribution in [-0.4, -0.2) is 45.1 Å². The molecule has 0 aromatic carbocycles. The Morgan fingerprint density at radius 1 is 1.29 bits per heavy atom. The Kier molecular flexibility index (Phi) is 3.67. The zero-order valence-electron chi connectivity index (χ0n) is 12.1. The maximum atomic E-state index is 12.7. The molecule has 114 valence electrons. The van der Waals surface area contributed by atoms with Gasteiger partial charge in [0.25, 0.3) is 5.91 Å². The number of anilines is 1. The van der Waals surface area contributed by atoms with Crippen molar-refractivity contribution in [3.63, 3.8) is 0 Å². The molecule has 0 spiro atoms. The van der Waals surface area contributed by atoms with Gasteiger partial charge in [0, 0.05) is 0 Å². The fourth-order valence-electron chi connectivity index (χ4n) is 3.26. The monoisotopic (exact) mass is 292 g/mol. The lowest BCUT2D eigenvalue weighted by atomic mass is 10.0. The van der Waals surface area contributed by atoms with Crippen LogP contribution in [-0.2, 0) is 6.54 Å². The van der Waals surface area contributed by atoms with Gasteiger partial charge in [0.2, 0.25) is 11.8 Å². The average Bonchev–Trinajstić information content (AvgIpc) is 2.64. The summed E-state index contributed by atoms with van der Waals surface area (Å²) < 4.78 is 5.15. The molecule has 3 rings (SSSR count). The number of methoxy groups -OCH3 is 1. The Morgan fingerprint density at radius 2 is 2.05 bits per heavy atom. The van der Waals surface area contributed by atoms with Crippen molar-refractivity contribution in [2.24, 2.45) is 0 Å². The number of carbonyl (C=O) groups excluding carboxylic acids is 1. The van der Waals surface area contributed by atoms with Gasteiger partial charge in [0.15, 0.2) is 0 Å². The zero-order valence-corrected chi connectivity index (χ0v) is 12.1. The molecule has 1 fully saturated rings. The quantitative estimate of drug-likeness (QED) is 0.779. The number of ether oxygens (including phenoxy) is 1. The minimum absolute atomic E-state index is 0.0988. The first kappa shape index (κ1) is 14.1. The number of nitrogen functional groups attached to an aromatic ring is 1. The van der Waals surface area contributed by atoms with Gasteiger partial charge in [-0.2, -0.15) is 4.98 Å². The van der Waals surface area contributed by atoms with E-state index in [-0.39, 0.29) is 23.8 Å². The molecule has 0 saturated heterocycles. The second-order valence-electron chi connectivity index (χ2n) is 5.62. The van der Waals surface area contributed by atoms with Crippen molar-refractivity contribution in [1.29, 1.82) is 0 Å². The number of aliphatic hydroxyl groups excluding tert-OH is 1. The molecule has 2 heterocycles. The van der Waals surface area contributed by atoms with E-state index in [0.717, 1.165) is 32.1 Å². The summed E-state index contributed by atoms with van der Waals surface area (Å²) in [6.07, 6.45) is 4.18. The largest absolute Gasteiger partial charge is 0.480 e. The van der Waals surface area contributed by atoms with E-state index < -0.39 is 6.10 Å². The molecule has 0 bridgehead atoms. The molecule has 1 aromatic heterocycles. The number of rotatable bonds is 2. The van der Waals surface area contributed by atoms with E-state index in [4.69, 9.17) is 10.5 Å². The van der Waals surface area contributed by atoms with Crippen LogP contribution in [0.25, 0.3) is 0 Å². The van der Waals surface area contributed by atoms with Gasteiger partial charge in [0.05, 0.1) is 31.5 Å². The maximum Gasteiger partial charge on any atom is 0.261 e. The van der Waals surface area contributed by atoms with E-state index in [0.29, 0.717) is 17.8 Å². The van der Waals surface area contributed by atoms with Crippen LogP contribution in [0.5, 0.6) is 5.88 Å². The van der Waals surface area contributed by atoms with E-state index in [2.05, 4.69) is 9.97 Å². The van der Waals surface area contributed by atoms with Crippen molar-refractivity contribution >= 4 is 11.9 Å². The first-order valence-corrected chi connectivity index (χ1v) is 7.31. The second-order valence-corrected chi connectivity index (χ2v) is 5.62. The Hall–Kier alpha value is -1.89. The summed E-state index contributed by atoms with van der Waals surface area (Å²) in [6.45, 7) is 0.360. The SMILES string of the molecule is COc1nc(N)nc2c1C(=O)N([C@H]1CCCCC[C@H]1O)C2. The standard InChI is InChI=1S/C14H20N4O3/c1-21-12-11-8(16-14(15)17-12)7-18(13(11)20)9-5-3-2-4-6-10(9)19/h9-10,19H,2-7H2,1H3,(H2,15,16,17)/t9-,10+/m0/s1. The van der Waals surface area contributed by atoms with Gasteiger partial charge in [-0.05, 0) is 12.8 Å². The molecular weight excluding hydrogens is 272 g/mol. The highest BCUT2D eigenvalue weighted by molar-refractivity contribution is 6.00. The molecule has 1 aromatic rings. The first-order valence-electron chi connectivity index (χ1n) is 7.31. The number of hydrogen-bond donors (Lipinski definition) is 2. The highest BCUT2D eigenvalue weighted by atomic mass is 16.5. The molecule has 1 saturated carbocycles. The first-order chi connectivity index (χ1) is 10.1. The number of nitrogens with two attached hydrogens (primary N) is 1. The molecule has 2 atom stereocenters. The number of nitrogens with zero attached hydrogens (tertiary/aromatic N) is 3. The van der Waals surface area contributed by atoms with E-state index in [9.17, 15) is 9.90 Å². The molecule has 7 nitrogen and oxygen atoms in total. The number of hydrogen-bond acceptors (Lipinski definition) is 6. The van der Waals surface area contributed by atoms with Crippen LogP contribution < -0.4 is 10.5 Å². The number of aliphatic hydroxyl groups is 1. The zero-order chi connectivity index (χ0) is 15.0. The Bertz CT molecular complexity index is 563. The van der Waals surface area contributed by atoms with E-state index in [1.165, 1.54) is 7.11 Å². The van der Waals surface area contributed by atoms with Crippen LogP contribution in [0.2, 0.25) is 0 Å². The van der Waals surface area contributed by atoms with Gasteiger partial charge >= 0.3 is 0 Å². The molecule has 1 amide bonds. The average molecular weight is 292 g/mol. The molecule has 21 heavy (non-hydrogen) atoms. The van der Waals surface area contributed by atoms with Crippen LogP contribution in [0.1, 0.15) is 48.2 Å². The topological polar surface area (TPSA) is 102 Å². The number of fused-ring (bicyclic) bond motifs is 1. The third-order valence-electron chi connectivity index (χ3n) is 4.30. The lowest BCUT2D eigenvalue weighted by molar-refractivity contribution is 0.0344. The predicted molar refractivity (Wildman–Crippen MR) is 75.7 cm³/mol. The van der Waals surface area contributed by atoms with Crippen LogP contribution in [0.3, 0.4) is 0 Å². The van der Waals surface area contributed by atoms with Gasteiger partial charge in [-0.25, -0.2) is 4.98 Å². The summed E-state index contributed by atoms with van der Waals surface area (Å²) in [5, 5.41) is 10.3.